The number of aryl methyl sites for hydroxylation is 1. The minimum atomic E-state index is 0.122. The third-order valence-corrected chi connectivity index (χ3v) is 6.19. The Morgan fingerprint density at radius 3 is 2.62 bits per heavy atom. The molecule has 0 bridgehead atoms. The molecule has 0 saturated heterocycles. The van der Waals surface area contributed by atoms with E-state index in [-0.39, 0.29) is 6.04 Å². The van der Waals surface area contributed by atoms with Crippen LogP contribution in [0.4, 0.5) is 5.69 Å². The molecule has 3 rings (SSSR count). The van der Waals surface area contributed by atoms with Crippen molar-refractivity contribution in [3.63, 3.8) is 0 Å². The second kappa shape index (κ2) is 8.60. The van der Waals surface area contributed by atoms with E-state index in [0.29, 0.717) is 5.11 Å². The standard InChI is InChI=1S/C21H25N3S2/c1-4-5-8-16-11-13-17(14-12-16)22-21(25)24(3)15(2)20-23-18-9-6-7-10-19(18)26-20/h6-7,9-15H,4-5,8H2,1-3H3,(H,22,25)/t15-/m0/s1. The molecule has 0 radical (unpaired) electrons. The summed E-state index contributed by atoms with van der Waals surface area (Å²) in [6.45, 7) is 4.36. The number of hydrogen-bond donors (Lipinski definition) is 1. The average Bonchev–Trinajstić information content (AvgIpc) is 3.10. The van der Waals surface area contributed by atoms with Gasteiger partial charge in [0.1, 0.15) is 5.01 Å². The number of nitrogens with zero attached hydrogens (tertiary/aromatic N) is 2. The zero-order valence-corrected chi connectivity index (χ0v) is 17.2. The molecule has 0 aliphatic carbocycles. The maximum absolute atomic E-state index is 5.61. The number of thiocarbonyl (C=S) groups is 1. The molecule has 0 unspecified atom stereocenters. The number of fused-ring (bicyclic) bond motifs is 1. The molecule has 3 aromatic rings. The number of thiazole rings is 1. The summed E-state index contributed by atoms with van der Waals surface area (Å²) < 4.78 is 1.21. The van der Waals surface area contributed by atoms with E-state index < -0.39 is 0 Å². The van der Waals surface area contributed by atoms with E-state index in [2.05, 4.69) is 66.5 Å². The largest absolute Gasteiger partial charge is 0.343 e. The fourth-order valence-electron chi connectivity index (χ4n) is 2.76. The quantitative estimate of drug-likeness (QED) is 0.526. The van der Waals surface area contributed by atoms with Crippen LogP contribution in [0.3, 0.4) is 0 Å². The predicted octanol–water partition coefficient (Wildman–Crippen LogP) is 6.03. The average molecular weight is 384 g/mol. The van der Waals surface area contributed by atoms with Gasteiger partial charge < -0.3 is 10.2 Å². The summed E-state index contributed by atoms with van der Waals surface area (Å²) in [5.41, 5.74) is 3.45. The Balaban J connectivity index is 1.64. The fraction of sp³-hybridized carbons (Fsp3) is 0.333. The molecule has 0 amide bonds. The molecule has 1 atom stereocenters. The van der Waals surface area contributed by atoms with Crippen LogP contribution in [0.1, 0.15) is 43.3 Å². The molecule has 0 saturated carbocycles. The first kappa shape index (κ1) is 18.8. The molecule has 1 heterocycles. The van der Waals surface area contributed by atoms with Crippen molar-refractivity contribution in [3.05, 3.63) is 59.1 Å². The maximum atomic E-state index is 5.61. The van der Waals surface area contributed by atoms with Crippen LogP contribution in [0.5, 0.6) is 0 Å². The lowest BCUT2D eigenvalue weighted by molar-refractivity contribution is 0.407. The van der Waals surface area contributed by atoms with Crippen LogP contribution in [0.15, 0.2) is 48.5 Å². The molecule has 5 heteroatoms. The second-order valence-electron chi connectivity index (χ2n) is 6.54. The summed E-state index contributed by atoms with van der Waals surface area (Å²) in [5, 5.41) is 5.13. The lowest BCUT2D eigenvalue weighted by atomic mass is 10.1. The van der Waals surface area contributed by atoms with E-state index in [1.165, 1.54) is 23.1 Å². The minimum Gasteiger partial charge on any atom is -0.343 e. The topological polar surface area (TPSA) is 28.2 Å². The van der Waals surface area contributed by atoms with Gasteiger partial charge in [0, 0.05) is 12.7 Å². The van der Waals surface area contributed by atoms with Crippen molar-refractivity contribution in [1.82, 2.24) is 9.88 Å². The Bertz CT molecular complexity index is 837. The molecule has 1 N–H and O–H groups in total. The fourth-order valence-corrected chi connectivity index (χ4v) is 4.10. The van der Waals surface area contributed by atoms with Gasteiger partial charge in [-0.2, -0.15) is 0 Å². The number of anilines is 1. The van der Waals surface area contributed by atoms with Crippen LogP contribution < -0.4 is 5.32 Å². The first-order chi connectivity index (χ1) is 12.6. The van der Waals surface area contributed by atoms with Crippen LogP contribution >= 0.6 is 23.6 Å². The highest BCUT2D eigenvalue weighted by atomic mass is 32.1. The van der Waals surface area contributed by atoms with E-state index in [9.17, 15) is 0 Å². The number of rotatable bonds is 6. The van der Waals surface area contributed by atoms with Crippen molar-refractivity contribution >= 4 is 44.6 Å². The predicted molar refractivity (Wildman–Crippen MR) is 117 cm³/mol. The van der Waals surface area contributed by atoms with E-state index in [1.807, 2.05) is 13.1 Å². The van der Waals surface area contributed by atoms with Gasteiger partial charge in [0.15, 0.2) is 5.11 Å². The van der Waals surface area contributed by atoms with Gasteiger partial charge in [-0.05, 0) is 61.8 Å². The third-order valence-electron chi connectivity index (χ3n) is 4.59. The molecule has 3 nitrogen and oxygen atoms in total. The smallest absolute Gasteiger partial charge is 0.173 e. The van der Waals surface area contributed by atoms with E-state index in [0.717, 1.165) is 22.6 Å². The number of hydrogen-bond acceptors (Lipinski definition) is 3. The molecule has 0 aliphatic rings. The van der Waals surface area contributed by atoms with E-state index in [4.69, 9.17) is 17.2 Å². The van der Waals surface area contributed by atoms with Gasteiger partial charge >= 0.3 is 0 Å². The summed E-state index contributed by atoms with van der Waals surface area (Å²) in [6.07, 6.45) is 3.59. The van der Waals surface area contributed by atoms with Gasteiger partial charge in [0.05, 0.1) is 16.3 Å². The Morgan fingerprint density at radius 1 is 1.19 bits per heavy atom. The zero-order valence-electron chi connectivity index (χ0n) is 15.5. The highest BCUT2D eigenvalue weighted by molar-refractivity contribution is 7.80. The van der Waals surface area contributed by atoms with Crippen LogP contribution in [-0.4, -0.2) is 22.0 Å². The van der Waals surface area contributed by atoms with Crippen molar-refractivity contribution in [1.29, 1.82) is 0 Å². The van der Waals surface area contributed by atoms with Crippen molar-refractivity contribution in [2.45, 2.75) is 39.2 Å². The molecular formula is C21H25N3S2. The van der Waals surface area contributed by atoms with Crippen molar-refractivity contribution in [2.75, 3.05) is 12.4 Å². The van der Waals surface area contributed by atoms with Gasteiger partial charge in [-0.3, -0.25) is 0 Å². The summed E-state index contributed by atoms with van der Waals surface area (Å²) in [6, 6.07) is 16.9. The Hall–Kier alpha value is -1.98. The SMILES string of the molecule is CCCCc1ccc(NC(=S)N(C)[C@@H](C)c2nc3ccccc3s2)cc1. The maximum Gasteiger partial charge on any atom is 0.173 e. The Morgan fingerprint density at radius 2 is 1.92 bits per heavy atom. The molecule has 0 aliphatic heterocycles. The number of unbranched alkanes of at least 4 members (excludes halogenated alkanes) is 1. The molecule has 1 aromatic heterocycles. The van der Waals surface area contributed by atoms with Gasteiger partial charge in [-0.15, -0.1) is 11.3 Å². The monoisotopic (exact) mass is 383 g/mol. The van der Waals surface area contributed by atoms with Crippen LogP contribution in [-0.2, 0) is 6.42 Å². The number of aromatic nitrogens is 1. The lowest BCUT2D eigenvalue weighted by Crippen LogP contribution is -2.33. The third kappa shape index (κ3) is 4.40. The summed E-state index contributed by atoms with van der Waals surface area (Å²) in [4.78, 5) is 6.82. The lowest BCUT2D eigenvalue weighted by Gasteiger charge is -2.26. The number of para-hydroxylation sites is 1. The molecule has 136 valence electrons. The van der Waals surface area contributed by atoms with Gasteiger partial charge in [-0.25, -0.2) is 4.98 Å². The Kier molecular flexibility index (Phi) is 6.22. The molecule has 0 fully saturated rings. The van der Waals surface area contributed by atoms with Crippen LogP contribution in [0, 0.1) is 0 Å². The van der Waals surface area contributed by atoms with Crippen LogP contribution in [0.2, 0.25) is 0 Å². The summed E-state index contributed by atoms with van der Waals surface area (Å²) in [5.74, 6) is 0. The van der Waals surface area contributed by atoms with Gasteiger partial charge in [0.2, 0.25) is 0 Å². The Labute approximate surface area is 165 Å². The van der Waals surface area contributed by atoms with Crippen molar-refractivity contribution in [2.24, 2.45) is 0 Å². The van der Waals surface area contributed by atoms with Crippen molar-refractivity contribution in [3.8, 4) is 0 Å². The minimum absolute atomic E-state index is 0.122. The van der Waals surface area contributed by atoms with Gasteiger partial charge in [-0.1, -0.05) is 37.6 Å². The zero-order chi connectivity index (χ0) is 18.5. The normalized spacial score (nSPS) is 12.1. The first-order valence-electron chi connectivity index (χ1n) is 9.06. The van der Waals surface area contributed by atoms with Crippen LogP contribution in [0.25, 0.3) is 10.2 Å². The van der Waals surface area contributed by atoms with E-state index in [1.54, 1.807) is 11.3 Å². The number of nitrogens with one attached hydrogen (secondary N) is 1. The molecule has 2 aromatic carbocycles. The summed E-state index contributed by atoms with van der Waals surface area (Å²) in [7, 11) is 2.02. The molecule has 0 spiro atoms. The highest BCUT2D eigenvalue weighted by Gasteiger charge is 2.18. The first-order valence-corrected chi connectivity index (χ1v) is 10.3. The van der Waals surface area contributed by atoms with Crippen molar-refractivity contribution < 1.29 is 0 Å². The second-order valence-corrected chi connectivity index (χ2v) is 7.99. The number of benzene rings is 2. The van der Waals surface area contributed by atoms with E-state index >= 15 is 0 Å². The molecular weight excluding hydrogens is 358 g/mol. The van der Waals surface area contributed by atoms with Gasteiger partial charge in [0.25, 0.3) is 0 Å². The summed E-state index contributed by atoms with van der Waals surface area (Å²) >= 11 is 7.34. The highest BCUT2D eigenvalue weighted by Crippen LogP contribution is 2.29. The molecule has 26 heavy (non-hydrogen) atoms.